The van der Waals surface area contributed by atoms with E-state index in [1.54, 1.807) is 18.2 Å². The Bertz CT molecular complexity index is 1270. The Hall–Kier alpha value is -2.62. The zero-order valence-corrected chi connectivity index (χ0v) is 17.6. The highest BCUT2D eigenvalue weighted by atomic mass is 35.5. The molecule has 0 spiro atoms. The van der Waals surface area contributed by atoms with Crippen LogP contribution in [0.1, 0.15) is 39.7 Å². The largest absolute Gasteiger partial charge is 0.274 e. The Balaban J connectivity index is 1.58. The number of halogens is 2. The zero-order valence-electron chi connectivity index (χ0n) is 16.1. The Morgan fingerprint density at radius 1 is 0.733 bits per heavy atom. The van der Waals surface area contributed by atoms with Crippen LogP contribution in [0.2, 0.25) is 10.0 Å². The Kier molecular flexibility index (Phi) is 3.75. The maximum absolute atomic E-state index is 13.7. The summed E-state index contributed by atoms with van der Waals surface area (Å²) in [5.41, 5.74) is 6.22. The third-order valence-corrected chi connectivity index (χ3v) is 7.38. The van der Waals surface area contributed by atoms with Crippen molar-refractivity contribution in [3.63, 3.8) is 0 Å². The molecule has 2 amide bonds. The quantitative estimate of drug-likeness (QED) is 0.461. The van der Waals surface area contributed by atoms with Crippen LogP contribution in [0.4, 0.5) is 5.69 Å². The van der Waals surface area contributed by atoms with Crippen LogP contribution in [0.25, 0.3) is 0 Å². The summed E-state index contributed by atoms with van der Waals surface area (Å²) in [4.78, 5) is 28.7. The number of imide groups is 1. The van der Waals surface area contributed by atoms with Crippen LogP contribution in [0.5, 0.6) is 0 Å². The average molecular weight is 434 g/mol. The molecule has 3 aromatic rings. The van der Waals surface area contributed by atoms with E-state index >= 15 is 0 Å². The third kappa shape index (κ3) is 2.22. The van der Waals surface area contributed by atoms with Gasteiger partial charge in [-0.2, -0.15) is 0 Å². The summed E-state index contributed by atoms with van der Waals surface area (Å²) in [6.45, 7) is 2.06. The molecule has 0 radical (unpaired) electrons. The van der Waals surface area contributed by atoms with Gasteiger partial charge in [-0.05, 0) is 47.4 Å². The zero-order chi connectivity index (χ0) is 20.7. The van der Waals surface area contributed by atoms with Crippen LogP contribution in [0.15, 0.2) is 60.7 Å². The highest BCUT2D eigenvalue weighted by Gasteiger charge is 2.62. The van der Waals surface area contributed by atoms with E-state index < -0.39 is 11.8 Å². The number of aryl methyl sites for hydroxylation is 1. The van der Waals surface area contributed by atoms with Gasteiger partial charge < -0.3 is 0 Å². The molecule has 4 atom stereocenters. The molecular formula is C25H17Cl2NO2. The molecule has 2 bridgehead atoms. The van der Waals surface area contributed by atoms with Gasteiger partial charge in [0, 0.05) is 16.9 Å². The van der Waals surface area contributed by atoms with Gasteiger partial charge in [0.15, 0.2) is 0 Å². The van der Waals surface area contributed by atoms with E-state index in [0.717, 1.165) is 22.3 Å². The lowest BCUT2D eigenvalue weighted by atomic mass is 9.55. The summed E-state index contributed by atoms with van der Waals surface area (Å²) in [5, 5.41) is 0.775. The van der Waals surface area contributed by atoms with Crippen LogP contribution in [0.3, 0.4) is 0 Å². The molecule has 7 rings (SSSR count). The lowest BCUT2D eigenvalue weighted by Gasteiger charge is -2.46. The summed E-state index contributed by atoms with van der Waals surface area (Å²) >= 11 is 12.4. The molecule has 3 aromatic carbocycles. The van der Waals surface area contributed by atoms with Crippen molar-refractivity contribution in [2.24, 2.45) is 11.8 Å². The molecule has 0 aromatic heterocycles. The highest BCUT2D eigenvalue weighted by Crippen LogP contribution is 2.61. The Morgan fingerprint density at radius 2 is 1.33 bits per heavy atom. The fraction of sp³-hybridized carbons (Fsp3) is 0.200. The van der Waals surface area contributed by atoms with E-state index in [9.17, 15) is 9.59 Å². The van der Waals surface area contributed by atoms with Gasteiger partial charge >= 0.3 is 0 Å². The van der Waals surface area contributed by atoms with Crippen LogP contribution in [0, 0.1) is 18.8 Å². The summed E-state index contributed by atoms with van der Waals surface area (Å²) in [7, 11) is 0. The maximum Gasteiger partial charge on any atom is 0.238 e. The van der Waals surface area contributed by atoms with E-state index in [0.29, 0.717) is 15.7 Å². The van der Waals surface area contributed by atoms with Gasteiger partial charge in [-0.15, -0.1) is 0 Å². The first-order valence-corrected chi connectivity index (χ1v) is 10.7. The first-order chi connectivity index (χ1) is 14.5. The van der Waals surface area contributed by atoms with Crippen molar-refractivity contribution in [2.75, 3.05) is 4.90 Å². The van der Waals surface area contributed by atoms with Gasteiger partial charge in [0.1, 0.15) is 0 Å². The second kappa shape index (κ2) is 6.19. The van der Waals surface area contributed by atoms with Crippen LogP contribution in [-0.4, -0.2) is 11.8 Å². The lowest BCUT2D eigenvalue weighted by molar-refractivity contribution is -0.122. The van der Waals surface area contributed by atoms with Crippen molar-refractivity contribution in [2.45, 2.75) is 18.8 Å². The lowest BCUT2D eigenvalue weighted by Crippen LogP contribution is -2.41. The van der Waals surface area contributed by atoms with Crippen LogP contribution in [-0.2, 0) is 9.59 Å². The monoisotopic (exact) mass is 433 g/mol. The number of nitrogens with zero attached hydrogens (tertiary/aromatic N) is 1. The fourth-order valence-corrected chi connectivity index (χ4v) is 6.24. The van der Waals surface area contributed by atoms with Crippen molar-refractivity contribution in [3.8, 4) is 0 Å². The topological polar surface area (TPSA) is 37.4 Å². The van der Waals surface area contributed by atoms with Gasteiger partial charge in [0.05, 0.1) is 22.5 Å². The Morgan fingerprint density at radius 3 is 1.97 bits per heavy atom. The number of hydrogen-bond donors (Lipinski definition) is 0. The van der Waals surface area contributed by atoms with Gasteiger partial charge in [0.2, 0.25) is 11.8 Å². The summed E-state index contributed by atoms with van der Waals surface area (Å²) < 4.78 is 0. The molecule has 1 aliphatic heterocycles. The number of benzene rings is 3. The molecule has 1 saturated heterocycles. The molecule has 148 valence electrons. The third-order valence-electron chi connectivity index (χ3n) is 6.85. The summed E-state index contributed by atoms with van der Waals surface area (Å²) in [6.07, 6.45) is 0. The van der Waals surface area contributed by atoms with Crippen molar-refractivity contribution in [1.82, 2.24) is 0 Å². The minimum absolute atomic E-state index is 0.126. The van der Waals surface area contributed by atoms with E-state index in [2.05, 4.69) is 37.3 Å². The summed E-state index contributed by atoms with van der Waals surface area (Å²) in [5.74, 6) is -1.44. The molecule has 0 unspecified atom stereocenters. The van der Waals surface area contributed by atoms with Crippen LogP contribution < -0.4 is 4.90 Å². The van der Waals surface area contributed by atoms with Crippen molar-refractivity contribution < 1.29 is 9.59 Å². The molecule has 5 heteroatoms. The SMILES string of the molecule is Cc1ccc2c(c1)[C@H]1c3ccccc3[C@H]2[C@@H]2C(=O)N(c3ccc(Cl)cc3Cl)C(=O)[C@H]12. The molecule has 1 fully saturated rings. The molecule has 4 aliphatic rings. The average Bonchev–Trinajstić information content (AvgIpc) is 2.99. The van der Waals surface area contributed by atoms with E-state index in [1.807, 2.05) is 12.1 Å². The highest BCUT2D eigenvalue weighted by molar-refractivity contribution is 6.38. The smallest absolute Gasteiger partial charge is 0.238 e. The first-order valence-electron chi connectivity index (χ1n) is 9.99. The van der Waals surface area contributed by atoms with Gasteiger partial charge in [0.25, 0.3) is 0 Å². The second-order valence-corrected chi connectivity index (χ2v) is 9.22. The Labute approximate surface area is 184 Å². The number of rotatable bonds is 1. The number of amides is 2. The second-order valence-electron chi connectivity index (χ2n) is 8.38. The molecule has 0 N–H and O–H groups in total. The van der Waals surface area contributed by atoms with Crippen LogP contribution >= 0.6 is 23.2 Å². The molecule has 0 saturated carbocycles. The van der Waals surface area contributed by atoms with Crippen molar-refractivity contribution in [3.05, 3.63) is 98.5 Å². The molecule has 3 aliphatic carbocycles. The molecule has 30 heavy (non-hydrogen) atoms. The maximum atomic E-state index is 13.7. The number of carbonyl (C=O) groups excluding carboxylic acids is 2. The van der Waals surface area contributed by atoms with Crippen molar-refractivity contribution in [1.29, 1.82) is 0 Å². The predicted octanol–water partition coefficient (Wildman–Crippen LogP) is 5.70. The van der Waals surface area contributed by atoms with Gasteiger partial charge in [-0.1, -0.05) is 71.2 Å². The number of carbonyl (C=O) groups is 2. The molecular weight excluding hydrogens is 417 g/mol. The minimum atomic E-state index is -0.418. The predicted molar refractivity (Wildman–Crippen MR) is 117 cm³/mol. The standard InChI is InChI=1S/C25H17Cl2NO2/c1-12-6-8-16-17(10-12)21-15-5-3-2-4-14(15)20(16)22-23(21)25(30)28(24(22)29)19-9-7-13(26)11-18(19)27/h2-11,20-23H,1H3/t20-,21-,22+,23-/m1/s1. The van der Waals surface area contributed by atoms with Gasteiger partial charge in [-0.25, -0.2) is 4.90 Å². The first kappa shape index (κ1) is 18.2. The van der Waals surface area contributed by atoms with E-state index in [-0.39, 0.29) is 23.7 Å². The fourth-order valence-electron chi connectivity index (χ4n) is 5.75. The van der Waals surface area contributed by atoms with Crippen molar-refractivity contribution >= 4 is 40.7 Å². The minimum Gasteiger partial charge on any atom is -0.274 e. The van der Waals surface area contributed by atoms with E-state index in [4.69, 9.17) is 23.2 Å². The molecule has 3 nitrogen and oxygen atoms in total. The number of hydrogen-bond acceptors (Lipinski definition) is 2. The van der Waals surface area contributed by atoms with Gasteiger partial charge in [-0.3, -0.25) is 9.59 Å². The van der Waals surface area contributed by atoms with E-state index in [1.165, 1.54) is 10.5 Å². The normalized spacial score (nSPS) is 25.9. The summed E-state index contributed by atoms with van der Waals surface area (Å²) in [6, 6.07) is 19.5. The number of anilines is 1. The molecule has 1 heterocycles.